The summed E-state index contributed by atoms with van der Waals surface area (Å²) in [6.45, 7) is 1.32. The number of carbonyl (C=O) groups excluding carboxylic acids is 1. The van der Waals surface area contributed by atoms with Gasteiger partial charge in [-0.15, -0.1) is 0 Å². The molecule has 0 atom stereocenters. The number of fused-ring (bicyclic) bond motifs is 1. The molecule has 0 spiro atoms. The van der Waals surface area contributed by atoms with Gasteiger partial charge in [-0.05, 0) is 53.0 Å². The van der Waals surface area contributed by atoms with E-state index in [-0.39, 0.29) is 11.5 Å². The fourth-order valence-electron chi connectivity index (χ4n) is 3.92. The van der Waals surface area contributed by atoms with E-state index in [4.69, 9.17) is 21.3 Å². The summed E-state index contributed by atoms with van der Waals surface area (Å²) < 4.78 is 7.23. The number of hydrogen-bond donors (Lipinski definition) is 0. The summed E-state index contributed by atoms with van der Waals surface area (Å²) in [5, 5.41) is 5.45. The summed E-state index contributed by atoms with van der Waals surface area (Å²) in [7, 11) is 0. The van der Waals surface area contributed by atoms with E-state index < -0.39 is 5.97 Å². The molecule has 6 nitrogen and oxygen atoms in total. The van der Waals surface area contributed by atoms with Crippen molar-refractivity contribution in [1.29, 1.82) is 0 Å². The van der Waals surface area contributed by atoms with Crippen molar-refractivity contribution in [2.24, 2.45) is 5.10 Å². The van der Waals surface area contributed by atoms with E-state index >= 15 is 0 Å². The Bertz CT molecular complexity index is 1230. The maximum absolute atomic E-state index is 13.3. The molecular weight excluding hydrogens is 482 g/mol. The molecule has 0 N–H and O–H groups in total. The monoisotopic (exact) mass is 501 g/mol. The summed E-state index contributed by atoms with van der Waals surface area (Å²) >= 11 is 9.56. The van der Waals surface area contributed by atoms with E-state index in [1.807, 2.05) is 18.2 Å². The highest BCUT2D eigenvalue weighted by atomic mass is 79.9. The minimum atomic E-state index is -0.467. The normalized spacial score (nSPS) is 14.9. The van der Waals surface area contributed by atoms with Gasteiger partial charge < -0.3 is 4.74 Å². The van der Waals surface area contributed by atoms with Crippen LogP contribution >= 0.6 is 27.5 Å². The minimum absolute atomic E-state index is 0.169. The molecule has 1 heterocycles. The molecular formula is C23H21BrClN3O3. The van der Waals surface area contributed by atoms with Crippen LogP contribution in [0, 0.1) is 0 Å². The Morgan fingerprint density at radius 3 is 2.74 bits per heavy atom. The quantitative estimate of drug-likeness (QED) is 0.262. The van der Waals surface area contributed by atoms with Crippen molar-refractivity contribution in [2.45, 2.75) is 44.9 Å². The molecule has 1 aromatic heterocycles. The molecule has 0 saturated heterocycles. The van der Waals surface area contributed by atoms with E-state index in [0.29, 0.717) is 37.5 Å². The topological polar surface area (TPSA) is 73.5 Å². The molecule has 1 aliphatic carbocycles. The number of rotatable bonds is 4. The molecule has 8 heteroatoms. The smallest absolute Gasteiger partial charge is 0.308 e. The highest BCUT2D eigenvalue weighted by Gasteiger charge is 2.22. The van der Waals surface area contributed by atoms with Crippen molar-refractivity contribution < 1.29 is 9.53 Å². The van der Waals surface area contributed by atoms with Gasteiger partial charge in [0.05, 0.1) is 21.6 Å². The summed E-state index contributed by atoms with van der Waals surface area (Å²) in [5.74, 6) is 0.656. The summed E-state index contributed by atoms with van der Waals surface area (Å²) in [6.07, 6.45) is 6.84. The Balaban J connectivity index is 1.86. The molecule has 160 valence electrons. The standard InChI is InChI=1S/C23H21BrClN3O3/c1-14(29)31-21-16(11-17(25)12-19(21)24)13-26-28-22(15-7-3-2-4-8-15)27-20-10-6-5-9-18(20)23(28)30/h5-6,9-13,15H,2-4,7-8H2,1H3. The zero-order chi connectivity index (χ0) is 22.0. The van der Waals surface area contributed by atoms with E-state index in [1.165, 1.54) is 24.2 Å². The maximum Gasteiger partial charge on any atom is 0.308 e. The van der Waals surface area contributed by atoms with Crippen LogP contribution in [0.4, 0.5) is 0 Å². The van der Waals surface area contributed by atoms with E-state index in [1.54, 1.807) is 18.2 Å². The van der Waals surface area contributed by atoms with Crippen molar-refractivity contribution in [3.63, 3.8) is 0 Å². The van der Waals surface area contributed by atoms with Crippen molar-refractivity contribution >= 4 is 50.6 Å². The Labute approximate surface area is 193 Å². The lowest BCUT2D eigenvalue weighted by atomic mass is 9.88. The van der Waals surface area contributed by atoms with Gasteiger partial charge in [-0.3, -0.25) is 9.59 Å². The largest absolute Gasteiger partial charge is 0.425 e. The van der Waals surface area contributed by atoms with Crippen molar-refractivity contribution in [3.8, 4) is 5.75 Å². The molecule has 0 amide bonds. The average molecular weight is 503 g/mol. The van der Waals surface area contributed by atoms with E-state index in [2.05, 4.69) is 21.0 Å². The Morgan fingerprint density at radius 1 is 1.26 bits per heavy atom. The molecule has 1 saturated carbocycles. The van der Waals surface area contributed by atoms with Crippen LogP contribution in [-0.4, -0.2) is 21.8 Å². The van der Waals surface area contributed by atoms with Crippen LogP contribution in [0.25, 0.3) is 10.9 Å². The molecule has 31 heavy (non-hydrogen) atoms. The first-order valence-corrected chi connectivity index (χ1v) is 11.3. The van der Waals surface area contributed by atoms with Crippen molar-refractivity contribution in [3.05, 3.63) is 67.6 Å². The van der Waals surface area contributed by atoms with Crippen LogP contribution in [0.15, 0.2) is 50.8 Å². The first-order valence-electron chi connectivity index (χ1n) is 10.2. The molecule has 3 aromatic rings. The summed E-state index contributed by atoms with van der Waals surface area (Å²) in [6, 6.07) is 10.6. The fourth-order valence-corrected chi connectivity index (χ4v) is 4.84. The van der Waals surface area contributed by atoms with E-state index in [9.17, 15) is 9.59 Å². The number of halogens is 2. The van der Waals surface area contributed by atoms with Gasteiger partial charge in [0.1, 0.15) is 5.82 Å². The fraction of sp³-hybridized carbons (Fsp3) is 0.304. The second kappa shape index (κ2) is 9.32. The Hall–Kier alpha value is -2.51. The van der Waals surface area contributed by atoms with Gasteiger partial charge in [-0.2, -0.15) is 9.78 Å². The number of esters is 1. The lowest BCUT2D eigenvalue weighted by molar-refractivity contribution is -0.131. The molecule has 0 bridgehead atoms. The van der Waals surface area contributed by atoms with Crippen LogP contribution in [-0.2, 0) is 4.79 Å². The molecule has 1 aliphatic rings. The zero-order valence-electron chi connectivity index (χ0n) is 17.0. The zero-order valence-corrected chi connectivity index (χ0v) is 19.3. The Morgan fingerprint density at radius 2 is 2.00 bits per heavy atom. The van der Waals surface area contributed by atoms with Crippen molar-refractivity contribution in [1.82, 2.24) is 9.66 Å². The molecule has 4 rings (SSSR count). The number of aromatic nitrogens is 2. The first kappa shape index (κ1) is 21.7. The molecule has 0 radical (unpaired) electrons. The van der Waals surface area contributed by atoms with Crippen LogP contribution in [0.2, 0.25) is 5.02 Å². The van der Waals surface area contributed by atoms with Gasteiger partial charge in [-0.1, -0.05) is 43.0 Å². The van der Waals surface area contributed by atoms with Crippen LogP contribution in [0.1, 0.15) is 56.3 Å². The third-order valence-electron chi connectivity index (χ3n) is 5.34. The number of benzene rings is 2. The first-order chi connectivity index (χ1) is 14.9. The number of nitrogens with zero attached hydrogens (tertiary/aromatic N) is 3. The van der Waals surface area contributed by atoms with Crippen LogP contribution < -0.4 is 10.3 Å². The predicted octanol–water partition coefficient (Wildman–Crippen LogP) is 5.67. The van der Waals surface area contributed by atoms with E-state index in [0.717, 1.165) is 25.7 Å². The molecule has 0 aliphatic heterocycles. The molecule has 1 fully saturated rings. The van der Waals surface area contributed by atoms with Gasteiger partial charge in [0.25, 0.3) is 5.56 Å². The molecule has 0 unspecified atom stereocenters. The summed E-state index contributed by atoms with van der Waals surface area (Å²) in [4.78, 5) is 29.7. The van der Waals surface area contributed by atoms with Gasteiger partial charge >= 0.3 is 5.97 Å². The second-order valence-corrected chi connectivity index (χ2v) is 8.87. The SMILES string of the molecule is CC(=O)Oc1c(Br)cc(Cl)cc1C=Nn1c(C2CCCCC2)nc2ccccc2c1=O. The lowest BCUT2D eigenvalue weighted by Gasteiger charge is -2.22. The van der Waals surface area contributed by atoms with Gasteiger partial charge in [-0.25, -0.2) is 4.98 Å². The highest BCUT2D eigenvalue weighted by molar-refractivity contribution is 9.10. The third kappa shape index (κ3) is 4.72. The number of carbonyl (C=O) groups is 1. The number of para-hydroxylation sites is 1. The summed E-state index contributed by atoms with van der Waals surface area (Å²) in [5.41, 5.74) is 0.924. The second-order valence-electron chi connectivity index (χ2n) is 7.58. The van der Waals surface area contributed by atoms with Gasteiger partial charge in [0, 0.05) is 23.4 Å². The Kier molecular flexibility index (Phi) is 6.53. The predicted molar refractivity (Wildman–Crippen MR) is 125 cm³/mol. The van der Waals surface area contributed by atoms with Crippen LogP contribution in [0.3, 0.4) is 0 Å². The van der Waals surface area contributed by atoms with Crippen LogP contribution in [0.5, 0.6) is 5.75 Å². The van der Waals surface area contributed by atoms with Crippen molar-refractivity contribution in [2.75, 3.05) is 0 Å². The highest BCUT2D eigenvalue weighted by Crippen LogP contribution is 2.33. The maximum atomic E-state index is 13.3. The number of hydrogen-bond acceptors (Lipinski definition) is 5. The minimum Gasteiger partial charge on any atom is -0.425 e. The number of ether oxygens (including phenoxy) is 1. The van der Waals surface area contributed by atoms with Gasteiger partial charge in [0.15, 0.2) is 5.75 Å². The lowest BCUT2D eigenvalue weighted by Crippen LogP contribution is -2.25. The third-order valence-corrected chi connectivity index (χ3v) is 6.15. The molecule has 2 aromatic carbocycles. The average Bonchev–Trinajstić information content (AvgIpc) is 2.75. The van der Waals surface area contributed by atoms with Gasteiger partial charge in [0.2, 0.25) is 0 Å².